The van der Waals surface area contributed by atoms with Gasteiger partial charge < -0.3 is 15.3 Å². The molecule has 0 aliphatic rings. The van der Waals surface area contributed by atoms with E-state index < -0.39 is 11.9 Å². The van der Waals surface area contributed by atoms with Gasteiger partial charge in [-0.2, -0.15) is 5.26 Å². The van der Waals surface area contributed by atoms with Gasteiger partial charge in [-0.25, -0.2) is 0 Å². The van der Waals surface area contributed by atoms with Crippen molar-refractivity contribution in [1.29, 1.82) is 5.26 Å². The molecule has 0 aromatic heterocycles. The summed E-state index contributed by atoms with van der Waals surface area (Å²) >= 11 is 0. The Kier molecular flexibility index (Phi) is 2.59. The van der Waals surface area contributed by atoms with Gasteiger partial charge in [-0.3, -0.25) is 0 Å². The molecule has 0 aliphatic carbocycles. The van der Waals surface area contributed by atoms with E-state index >= 15 is 0 Å². The van der Waals surface area contributed by atoms with Gasteiger partial charge in [-0.15, -0.1) is 0 Å². The topological polar surface area (TPSA) is 84.5 Å². The second kappa shape index (κ2) is 2.78. The minimum atomic E-state index is -2.70. The van der Waals surface area contributed by atoms with Crippen molar-refractivity contribution < 1.29 is 15.3 Å². The van der Waals surface area contributed by atoms with Crippen molar-refractivity contribution in [2.45, 2.75) is 19.3 Å². The van der Waals surface area contributed by atoms with Crippen LogP contribution in [0.2, 0.25) is 0 Å². The number of nitriles is 1. The lowest BCUT2D eigenvalue weighted by Gasteiger charge is -2.13. The maximum atomic E-state index is 8.28. The van der Waals surface area contributed by atoms with Crippen LogP contribution in [-0.4, -0.2) is 21.3 Å². The molecule has 0 rings (SSSR count). The summed E-state index contributed by atoms with van der Waals surface area (Å²) in [6.07, 6.45) is -0.344. The molecule has 3 N–H and O–H groups in total. The first kappa shape index (κ1) is 8.37. The molecule has 0 spiro atoms. The molecule has 0 fully saturated rings. The third-order valence-corrected chi connectivity index (χ3v) is 0.800. The van der Waals surface area contributed by atoms with Crippen molar-refractivity contribution in [1.82, 2.24) is 0 Å². The van der Waals surface area contributed by atoms with Crippen LogP contribution in [0.5, 0.6) is 0 Å². The number of hydrogen-bond acceptors (Lipinski definition) is 4. The Morgan fingerprint density at radius 3 is 2.11 bits per heavy atom. The maximum absolute atomic E-state index is 8.28. The molecule has 4 heteroatoms. The van der Waals surface area contributed by atoms with Crippen molar-refractivity contribution in [3.63, 3.8) is 0 Å². The SMILES string of the molecule is CC(C#N)CC(O)(O)O. The lowest BCUT2D eigenvalue weighted by Crippen LogP contribution is -2.29. The molecule has 0 aromatic carbocycles. The average molecular weight is 131 g/mol. The van der Waals surface area contributed by atoms with Crippen molar-refractivity contribution in [2.24, 2.45) is 5.92 Å². The fourth-order valence-corrected chi connectivity index (χ4v) is 0.456. The van der Waals surface area contributed by atoms with Crippen LogP contribution in [0.1, 0.15) is 13.3 Å². The van der Waals surface area contributed by atoms with Gasteiger partial charge in [0.25, 0.3) is 5.97 Å². The third-order valence-electron chi connectivity index (χ3n) is 0.800. The first-order valence-electron chi connectivity index (χ1n) is 2.52. The van der Waals surface area contributed by atoms with E-state index in [1.807, 2.05) is 0 Å². The lowest BCUT2D eigenvalue weighted by atomic mass is 10.1. The molecule has 0 amide bonds. The highest BCUT2D eigenvalue weighted by molar-refractivity contribution is 4.79. The summed E-state index contributed by atoms with van der Waals surface area (Å²) in [5.41, 5.74) is 0. The molecule has 9 heavy (non-hydrogen) atoms. The largest absolute Gasteiger partial charge is 0.344 e. The van der Waals surface area contributed by atoms with Gasteiger partial charge in [0.05, 0.1) is 12.0 Å². The van der Waals surface area contributed by atoms with Gasteiger partial charge in [0.15, 0.2) is 0 Å². The molecular weight excluding hydrogens is 122 g/mol. The summed E-state index contributed by atoms with van der Waals surface area (Å²) in [4.78, 5) is 0. The summed E-state index contributed by atoms with van der Waals surface area (Å²) < 4.78 is 0. The Morgan fingerprint density at radius 1 is 1.56 bits per heavy atom. The van der Waals surface area contributed by atoms with Crippen LogP contribution in [0.25, 0.3) is 0 Å². The molecule has 4 nitrogen and oxygen atoms in total. The van der Waals surface area contributed by atoms with Crippen molar-refractivity contribution >= 4 is 0 Å². The highest BCUT2D eigenvalue weighted by Crippen LogP contribution is 2.09. The molecule has 0 aromatic rings. The predicted octanol–water partition coefficient (Wildman–Crippen LogP) is -0.833. The third kappa shape index (κ3) is 5.24. The van der Waals surface area contributed by atoms with Gasteiger partial charge in [-0.1, -0.05) is 0 Å². The van der Waals surface area contributed by atoms with Crippen LogP contribution in [0.15, 0.2) is 0 Å². The summed E-state index contributed by atoms with van der Waals surface area (Å²) in [6, 6.07) is 1.74. The minimum absolute atomic E-state index is 0.344. The van der Waals surface area contributed by atoms with E-state index in [0.717, 1.165) is 0 Å². The number of rotatable bonds is 2. The maximum Gasteiger partial charge on any atom is 0.276 e. The highest BCUT2D eigenvalue weighted by Gasteiger charge is 2.21. The molecule has 0 saturated carbocycles. The fourth-order valence-electron chi connectivity index (χ4n) is 0.456. The van der Waals surface area contributed by atoms with E-state index in [9.17, 15) is 0 Å². The first-order chi connectivity index (χ1) is 3.95. The van der Waals surface area contributed by atoms with Crippen LogP contribution in [0, 0.1) is 17.2 Å². The van der Waals surface area contributed by atoms with Crippen molar-refractivity contribution in [2.75, 3.05) is 0 Å². The summed E-state index contributed by atoms with van der Waals surface area (Å²) in [7, 11) is 0. The van der Waals surface area contributed by atoms with Crippen LogP contribution in [-0.2, 0) is 0 Å². The van der Waals surface area contributed by atoms with Gasteiger partial charge in [0, 0.05) is 6.42 Å². The van der Waals surface area contributed by atoms with Crippen LogP contribution >= 0.6 is 0 Å². The molecule has 0 aliphatic heterocycles. The first-order valence-corrected chi connectivity index (χ1v) is 2.52. The Hall–Kier alpha value is -0.630. The Bertz CT molecular complexity index is 121. The number of aliphatic hydroxyl groups is 3. The normalized spacial score (nSPS) is 14.6. The van der Waals surface area contributed by atoms with E-state index in [-0.39, 0.29) is 6.42 Å². The van der Waals surface area contributed by atoms with E-state index in [1.54, 1.807) is 6.07 Å². The molecular formula is C5H9NO3. The quantitative estimate of drug-likeness (QED) is 0.427. The fraction of sp³-hybridized carbons (Fsp3) is 0.800. The summed E-state index contributed by atoms with van der Waals surface area (Å²) in [6.45, 7) is 1.48. The van der Waals surface area contributed by atoms with Gasteiger partial charge in [0.1, 0.15) is 0 Å². The average Bonchev–Trinajstić information content (AvgIpc) is 1.62. The standard InChI is InChI=1S/C5H9NO3/c1-4(3-6)2-5(7,8)9/h4,7-9H,2H2,1H3. The van der Waals surface area contributed by atoms with E-state index in [1.165, 1.54) is 6.92 Å². The molecule has 52 valence electrons. The van der Waals surface area contributed by atoms with Crippen molar-refractivity contribution in [3.05, 3.63) is 0 Å². The number of hydrogen-bond donors (Lipinski definition) is 3. The molecule has 1 unspecified atom stereocenters. The zero-order valence-corrected chi connectivity index (χ0v) is 5.07. The lowest BCUT2D eigenvalue weighted by molar-refractivity contribution is -0.317. The Morgan fingerprint density at radius 2 is 2.00 bits per heavy atom. The van der Waals surface area contributed by atoms with Gasteiger partial charge >= 0.3 is 0 Å². The molecule has 0 radical (unpaired) electrons. The van der Waals surface area contributed by atoms with E-state index in [4.69, 9.17) is 20.6 Å². The zero-order valence-electron chi connectivity index (χ0n) is 5.07. The van der Waals surface area contributed by atoms with Crippen LogP contribution in [0.3, 0.4) is 0 Å². The van der Waals surface area contributed by atoms with Crippen LogP contribution < -0.4 is 0 Å². The predicted molar refractivity (Wildman–Crippen MR) is 28.8 cm³/mol. The zero-order chi connectivity index (χ0) is 7.49. The number of nitrogens with zero attached hydrogens (tertiary/aromatic N) is 1. The minimum Gasteiger partial charge on any atom is -0.344 e. The molecule has 1 atom stereocenters. The summed E-state index contributed by atoms with van der Waals surface area (Å²) in [5.74, 6) is -3.25. The molecule has 0 bridgehead atoms. The second-order valence-corrected chi connectivity index (χ2v) is 2.01. The van der Waals surface area contributed by atoms with Gasteiger partial charge in [-0.05, 0) is 6.92 Å². The smallest absolute Gasteiger partial charge is 0.276 e. The Labute approximate surface area is 53.0 Å². The van der Waals surface area contributed by atoms with E-state index in [2.05, 4.69) is 0 Å². The van der Waals surface area contributed by atoms with Crippen LogP contribution in [0.4, 0.5) is 0 Å². The van der Waals surface area contributed by atoms with Gasteiger partial charge in [0.2, 0.25) is 0 Å². The molecule has 0 heterocycles. The van der Waals surface area contributed by atoms with E-state index in [0.29, 0.717) is 0 Å². The Balaban J connectivity index is 3.63. The second-order valence-electron chi connectivity index (χ2n) is 2.01. The monoisotopic (exact) mass is 131 g/mol. The molecule has 0 saturated heterocycles. The highest BCUT2D eigenvalue weighted by atomic mass is 16.7. The van der Waals surface area contributed by atoms with Crippen molar-refractivity contribution in [3.8, 4) is 6.07 Å². The summed E-state index contributed by atoms with van der Waals surface area (Å²) in [5, 5.41) is 33.0.